The highest BCUT2D eigenvalue weighted by molar-refractivity contribution is 5.98. The van der Waals surface area contributed by atoms with Gasteiger partial charge in [0.2, 0.25) is 0 Å². The van der Waals surface area contributed by atoms with Gasteiger partial charge in [-0.15, -0.1) is 6.42 Å². The fourth-order valence-electron chi connectivity index (χ4n) is 3.06. The van der Waals surface area contributed by atoms with Crippen LogP contribution in [0.4, 0.5) is 5.82 Å². The maximum Gasteiger partial charge on any atom is 0.333 e. The normalized spacial score (nSPS) is 10.7. The standard InChI is InChI=1S/C21H17N7O3/c1-3-9-28-20(30)17-19(27(2)21(28)31)26-18(25-17)14-6-7-16(23-11-14)24-12-15(29)13-5-4-8-22-10-13/h1,4-8,10-11H,9,12H2,2H3,(H,23,24)(H,25,26). The molecule has 4 aromatic rings. The molecule has 10 heteroatoms. The van der Waals surface area contributed by atoms with Crippen LogP contribution < -0.4 is 16.6 Å². The van der Waals surface area contributed by atoms with Gasteiger partial charge in [0.25, 0.3) is 5.56 Å². The van der Waals surface area contributed by atoms with Crippen LogP contribution in [0, 0.1) is 12.3 Å². The van der Waals surface area contributed by atoms with Crippen LogP contribution >= 0.6 is 0 Å². The highest BCUT2D eigenvalue weighted by atomic mass is 16.2. The molecule has 4 rings (SSSR count). The molecule has 0 radical (unpaired) electrons. The SMILES string of the molecule is C#CCn1c(=O)c2[nH]c(-c3ccc(NCC(=O)c4cccnc4)nc3)nc2n(C)c1=O. The van der Waals surface area contributed by atoms with E-state index in [1.54, 1.807) is 36.7 Å². The first-order valence-electron chi connectivity index (χ1n) is 9.26. The van der Waals surface area contributed by atoms with Gasteiger partial charge < -0.3 is 10.3 Å². The van der Waals surface area contributed by atoms with Crippen LogP contribution in [-0.2, 0) is 13.6 Å². The number of pyridine rings is 2. The number of hydrogen-bond donors (Lipinski definition) is 2. The molecule has 0 saturated heterocycles. The van der Waals surface area contributed by atoms with Gasteiger partial charge in [-0.2, -0.15) is 0 Å². The lowest BCUT2D eigenvalue weighted by Gasteiger charge is -2.05. The van der Waals surface area contributed by atoms with E-state index in [-0.39, 0.29) is 30.0 Å². The van der Waals surface area contributed by atoms with Gasteiger partial charge in [0, 0.05) is 36.8 Å². The van der Waals surface area contributed by atoms with Crippen molar-refractivity contribution in [3.63, 3.8) is 0 Å². The third kappa shape index (κ3) is 3.72. The maximum atomic E-state index is 12.6. The van der Waals surface area contributed by atoms with E-state index in [1.807, 2.05) is 0 Å². The topological polar surface area (TPSA) is 128 Å². The lowest BCUT2D eigenvalue weighted by atomic mass is 10.2. The summed E-state index contributed by atoms with van der Waals surface area (Å²) < 4.78 is 2.23. The number of aryl methyl sites for hydroxylation is 1. The summed E-state index contributed by atoms with van der Waals surface area (Å²) in [4.78, 5) is 52.6. The minimum absolute atomic E-state index is 0.0690. The third-order valence-corrected chi connectivity index (χ3v) is 4.68. The lowest BCUT2D eigenvalue weighted by molar-refractivity contribution is 0.101. The Labute approximate surface area is 175 Å². The molecule has 0 saturated carbocycles. The number of carbonyl (C=O) groups excluding carboxylic acids is 1. The Hall–Kier alpha value is -4.52. The Kier molecular flexibility index (Phi) is 5.15. The van der Waals surface area contributed by atoms with E-state index in [2.05, 4.69) is 31.2 Å². The first-order valence-corrected chi connectivity index (χ1v) is 9.26. The predicted octanol–water partition coefficient (Wildman–Crippen LogP) is 0.808. The minimum atomic E-state index is -0.538. The van der Waals surface area contributed by atoms with E-state index in [4.69, 9.17) is 6.42 Å². The molecule has 0 fully saturated rings. The molecule has 0 aliphatic carbocycles. The van der Waals surface area contributed by atoms with Crippen molar-refractivity contribution in [1.29, 1.82) is 0 Å². The second kappa shape index (κ2) is 8.08. The van der Waals surface area contributed by atoms with Gasteiger partial charge in [0.1, 0.15) is 17.2 Å². The summed E-state index contributed by atoms with van der Waals surface area (Å²) in [5.41, 5.74) is 0.448. The number of carbonyl (C=O) groups is 1. The molecule has 2 N–H and O–H groups in total. The Balaban J connectivity index is 1.58. The number of nitrogens with one attached hydrogen (secondary N) is 2. The number of H-pyrrole nitrogens is 1. The monoisotopic (exact) mass is 415 g/mol. The average molecular weight is 415 g/mol. The molecular formula is C21H17N7O3. The van der Waals surface area contributed by atoms with E-state index in [0.717, 1.165) is 4.57 Å². The third-order valence-electron chi connectivity index (χ3n) is 4.68. The highest BCUT2D eigenvalue weighted by Crippen LogP contribution is 2.18. The van der Waals surface area contributed by atoms with Gasteiger partial charge in [-0.1, -0.05) is 5.92 Å². The van der Waals surface area contributed by atoms with Crippen LogP contribution in [0.15, 0.2) is 52.4 Å². The van der Waals surface area contributed by atoms with Crippen molar-refractivity contribution in [2.24, 2.45) is 7.05 Å². The van der Waals surface area contributed by atoms with Gasteiger partial charge in [-0.3, -0.25) is 19.1 Å². The fraction of sp³-hybridized carbons (Fsp3) is 0.143. The molecule has 0 spiro atoms. The van der Waals surface area contributed by atoms with Gasteiger partial charge in [0.05, 0.1) is 13.1 Å². The Morgan fingerprint density at radius 3 is 2.77 bits per heavy atom. The average Bonchev–Trinajstić information content (AvgIpc) is 3.26. The number of imidazole rings is 1. The number of Topliss-reactive ketones (excluding diaryl/α,β-unsaturated/α-hetero) is 1. The van der Waals surface area contributed by atoms with Crippen molar-refractivity contribution >= 4 is 22.8 Å². The number of fused-ring (bicyclic) bond motifs is 1. The molecule has 0 aliphatic rings. The number of aromatic amines is 1. The minimum Gasteiger partial charge on any atom is -0.363 e. The van der Waals surface area contributed by atoms with E-state index >= 15 is 0 Å². The summed E-state index contributed by atoms with van der Waals surface area (Å²) in [6.07, 6.45) is 9.91. The van der Waals surface area contributed by atoms with Crippen LogP contribution in [0.5, 0.6) is 0 Å². The first-order chi connectivity index (χ1) is 15.0. The maximum absolute atomic E-state index is 12.6. The number of aromatic nitrogens is 6. The molecule has 31 heavy (non-hydrogen) atoms. The first kappa shape index (κ1) is 19.8. The van der Waals surface area contributed by atoms with E-state index in [1.165, 1.54) is 17.8 Å². The van der Waals surface area contributed by atoms with Crippen molar-refractivity contribution < 1.29 is 4.79 Å². The number of hydrogen-bond acceptors (Lipinski definition) is 7. The van der Waals surface area contributed by atoms with Crippen LogP contribution in [0.1, 0.15) is 10.4 Å². The van der Waals surface area contributed by atoms with Crippen molar-refractivity contribution in [2.45, 2.75) is 6.54 Å². The predicted molar refractivity (Wildman–Crippen MR) is 115 cm³/mol. The van der Waals surface area contributed by atoms with Crippen LogP contribution in [-0.4, -0.2) is 41.4 Å². The lowest BCUT2D eigenvalue weighted by Crippen LogP contribution is -2.38. The number of nitrogens with zero attached hydrogens (tertiary/aromatic N) is 5. The molecule has 0 unspecified atom stereocenters. The molecule has 0 atom stereocenters. The summed E-state index contributed by atoms with van der Waals surface area (Å²) in [5, 5.41) is 2.96. The zero-order valence-corrected chi connectivity index (χ0v) is 16.5. The van der Waals surface area contributed by atoms with Crippen molar-refractivity contribution in [3.8, 4) is 23.7 Å². The molecule has 4 heterocycles. The van der Waals surface area contributed by atoms with Gasteiger partial charge in [0.15, 0.2) is 11.4 Å². The second-order valence-electron chi connectivity index (χ2n) is 6.67. The zero-order valence-electron chi connectivity index (χ0n) is 16.5. The van der Waals surface area contributed by atoms with Gasteiger partial charge in [-0.25, -0.2) is 19.3 Å². The largest absolute Gasteiger partial charge is 0.363 e. The molecular weight excluding hydrogens is 398 g/mol. The molecule has 0 aliphatic heterocycles. The molecule has 10 nitrogen and oxygen atoms in total. The van der Waals surface area contributed by atoms with Gasteiger partial charge >= 0.3 is 5.69 Å². The summed E-state index contributed by atoms with van der Waals surface area (Å²) >= 11 is 0. The Morgan fingerprint density at radius 1 is 1.26 bits per heavy atom. The smallest absolute Gasteiger partial charge is 0.333 e. The number of anilines is 1. The molecule has 0 bridgehead atoms. The Bertz CT molecular complexity index is 1420. The van der Waals surface area contributed by atoms with Crippen LogP contribution in [0.25, 0.3) is 22.6 Å². The fourth-order valence-corrected chi connectivity index (χ4v) is 3.06. The van der Waals surface area contributed by atoms with Crippen LogP contribution in [0.3, 0.4) is 0 Å². The van der Waals surface area contributed by atoms with Crippen molar-refractivity contribution in [1.82, 2.24) is 29.1 Å². The second-order valence-corrected chi connectivity index (χ2v) is 6.67. The highest BCUT2D eigenvalue weighted by Gasteiger charge is 2.16. The zero-order chi connectivity index (χ0) is 22.0. The number of rotatable bonds is 6. The van der Waals surface area contributed by atoms with E-state index < -0.39 is 11.2 Å². The quantitative estimate of drug-likeness (QED) is 0.352. The molecule has 0 amide bonds. The number of ketones is 1. The van der Waals surface area contributed by atoms with Crippen molar-refractivity contribution in [2.75, 3.05) is 11.9 Å². The van der Waals surface area contributed by atoms with Crippen LogP contribution in [0.2, 0.25) is 0 Å². The summed E-state index contributed by atoms with van der Waals surface area (Å²) in [7, 11) is 1.52. The summed E-state index contributed by atoms with van der Waals surface area (Å²) in [6.45, 7) is -0.0605. The van der Waals surface area contributed by atoms with Gasteiger partial charge in [-0.05, 0) is 24.3 Å². The Morgan fingerprint density at radius 2 is 2.10 bits per heavy atom. The summed E-state index contributed by atoms with van der Waals surface area (Å²) in [6, 6.07) is 6.82. The summed E-state index contributed by atoms with van der Waals surface area (Å²) in [5.74, 6) is 3.07. The van der Waals surface area contributed by atoms with Crippen molar-refractivity contribution in [3.05, 3.63) is 69.3 Å². The molecule has 4 aromatic heterocycles. The van der Waals surface area contributed by atoms with E-state index in [0.29, 0.717) is 22.8 Å². The number of terminal acetylenes is 1. The van der Waals surface area contributed by atoms with E-state index in [9.17, 15) is 14.4 Å². The molecule has 154 valence electrons. The molecule has 0 aromatic carbocycles.